The van der Waals surface area contributed by atoms with E-state index >= 15 is 0 Å². The molecule has 13 heavy (non-hydrogen) atoms. The summed E-state index contributed by atoms with van der Waals surface area (Å²) in [7, 11) is 0. The first kappa shape index (κ1) is 10.9. The van der Waals surface area contributed by atoms with Crippen molar-refractivity contribution in [2.75, 3.05) is 0 Å². The average Bonchev–Trinajstić information content (AvgIpc) is 1.96. The zero-order valence-electron chi connectivity index (χ0n) is 8.20. The lowest BCUT2D eigenvalue weighted by molar-refractivity contribution is 0.645. The van der Waals surface area contributed by atoms with Crippen molar-refractivity contribution in [3.8, 4) is 0 Å². The summed E-state index contributed by atoms with van der Waals surface area (Å²) in [5.74, 6) is 0.623. The van der Waals surface area contributed by atoms with E-state index in [1.807, 2.05) is 12.1 Å². The van der Waals surface area contributed by atoms with E-state index in [1.54, 1.807) is 0 Å². The van der Waals surface area contributed by atoms with Crippen LogP contribution in [-0.2, 0) is 6.42 Å². The summed E-state index contributed by atoms with van der Waals surface area (Å²) in [6.45, 7) is 6.42. The van der Waals surface area contributed by atoms with Crippen molar-refractivity contribution >= 4 is 23.2 Å². The van der Waals surface area contributed by atoms with Gasteiger partial charge in [-0.1, -0.05) is 37.0 Å². The maximum atomic E-state index is 6.09. The second-order valence-electron chi connectivity index (χ2n) is 3.78. The second kappa shape index (κ2) is 4.34. The summed E-state index contributed by atoms with van der Waals surface area (Å²) in [4.78, 5) is 0. The maximum absolute atomic E-state index is 6.09. The fourth-order valence-corrected chi connectivity index (χ4v) is 2.07. The predicted octanol–water partition coefficient (Wildman–Crippen LogP) is 4.50. The number of aryl methyl sites for hydroxylation is 1. The van der Waals surface area contributed by atoms with Crippen LogP contribution in [0.2, 0.25) is 10.0 Å². The largest absolute Gasteiger partial charge is 0.0843 e. The van der Waals surface area contributed by atoms with Gasteiger partial charge in [-0.2, -0.15) is 0 Å². The Bertz CT molecular complexity index is 280. The van der Waals surface area contributed by atoms with Crippen molar-refractivity contribution in [1.82, 2.24) is 0 Å². The van der Waals surface area contributed by atoms with Crippen molar-refractivity contribution in [3.05, 3.63) is 33.3 Å². The summed E-state index contributed by atoms with van der Waals surface area (Å²) in [5.41, 5.74) is 2.41. The Morgan fingerprint density at radius 3 is 2.31 bits per heavy atom. The number of benzene rings is 1. The van der Waals surface area contributed by atoms with Gasteiger partial charge in [-0.15, -0.1) is 0 Å². The topological polar surface area (TPSA) is 0 Å². The molecule has 0 radical (unpaired) electrons. The molecule has 0 heterocycles. The van der Waals surface area contributed by atoms with E-state index in [0.717, 1.165) is 16.5 Å². The molecule has 0 amide bonds. The van der Waals surface area contributed by atoms with Gasteiger partial charge in [-0.05, 0) is 42.5 Å². The smallest absolute Gasteiger partial charge is 0.0455 e. The van der Waals surface area contributed by atoms with Gasteiger partial charge in [0.25, 0.3) is 0 Å². The third-order valence-corrected chi connectivity index (χ3v) is 2.55. The predicted molar refractivity (Wildman–Crippen MR) is 59.7 cm³/mol. The molecule has 1 aromatic carbocycles. The lowest BCUT2D eigenvalue weighted by Gasteiger charge is -2.11. The molecule has 2 heteroatoms. The molecule has 0 aliphatic heterocycles. The van der Waals surface area contributed by atoms with Gasteiger partial charge in [0.15, 0.2) is 0 Å². The Labute approximate surface area is 89.9 Å². The molecule has 0 aliphatic rings. The first-order chi connectivity index (χ1) is 6.00. The number of halogens is 2. The Morgan fingerprint density at radius 2 is 1.85 bits per heavy atom. The Balaban J connectivity index is 3.06. The SMILES string of the molecule is Cc1cc(Cl)cc(Cl)c1CC(C)C. The van der Waals surface area contributed by atoms with Crippen molar-refractivity contribution in [3.63, 3.8) is 0 Å². The van der Waals surface area contributed by atoms with Gasteiger partial charge in [-0.25, -0.2) is 0 Å². The van der Waals surface area contributed by atoms with E-state index in [-0.39, 0.29) is 0 Å². The quantitative estimate of drug-likeness (QED) is 0.684. The normalized spacial score (nSPS) is 10.9. The summed E-state index contributed by atoms with van der Waals surface area (Å²) < 4.78 is 0. The first-order valence-electron chi connectivity index (χ1n) is 4.45. The Morgan fingerprint density at radius 1 is 1.23 bits per heavy atom. The molecule has 1 rings (SSSR count). The molecule has 0 saturated heterocycles. The van der Waals surface area contributed by atoms with Crippen LogP contribution in [0.15, 0.2) is 12.1 Å². The summed E-state index contributed by atoms with van der Waals surface area (Å²) in [5, 5.41) is 1.51. The molecule has 0 fully saturated rings. The highest BCUT2D eigenvalue weighted by Gasteiger charge is 2.07. The highest BCUT2D eigenvalue weighted by molar-refractivity contribution is 6.35. The van der Waals surface area contributed by atoms with Crippen molar-refractivity contribution in [1.29, 1.82) is 0 Å². The van der Waals surface area contributed by atoms with Crippen LogP contribution in [0.5, 0.6) is 0 Å². The minimum Gasteiger partial charge on any atom is -0.0843 e. The number of hydrogen-bond acceptors (Lipinski definition) is 0. The van der Waals surface area contributed by atoms with Gasteiger partial charge < -0.3 is 0 Å². The van der Waals surface area contributed by atoms with E-state index < -0.39 is 0 Å². The van der Waals surface area contributed by atoms with Crippen molar-refractivity contribution in [2.24, 2.45) is 5.92 Å². The van der Waals surface area contributed by atoms with E-state index in [4.69, 9.17) is 23.2 Å². The van der Waals surface area contributed by atoms with Gasteiger partial charge in [0.1, 0.15) is 0 Å². The Kier molecular flexibility index (Phi) is 3.63. The molecule has 1 aromatic rings. The molecule has 0 nitrogen and oxygen atoms in total. The van der Waals surface area contributed by atoms with Crippen molar-refractivity contribution in [2.45, 2.75) is 27.2 Å². The monoisotopic (exact) mass is 216 g/mol. The van der Waals surface area contributed by atoms with Crippen LogP contribution in [0.25, 0.3) is 0 Å². The van der Waals surface area contributed by atoms with Crippen LogP contribution < -0.4 is 0 Å². The molecule has 0 spiro atoms. The van der Waals surface area contributed by atoms with Gasteiger partial charge in [0.05, 0.1) is 0 Å². The Hall–Kier alpha value is -0.200. The molecule has 0 unspecified atom stereocenters. The van der Waals surface area contributed by atoms with Crippen LogP contribution in [0.4, 0.5) is 0 Å². The maximum Gasteiger partial charge on any atom is 0.0455 e. The molecular weight excluding hydrogens is 203 g/mol. The minimum atomic E-state index is 0.623. The van der Waals surface area contributed by atoms with Gasteiger partial charge in [0, 0.05) is 10.0 Å². The van der Waals surface area contributed by atoms with E-state index in [2.05, 4.69) is 20.8 Å². The summed E-state index contributed by atoms with van der Waals surface area (Å²) in [6.07, 6.45) is 1.02. The number of hydrogen-bond donors (Lipinski definition) is 0. The van der Waals surface area contributed by atoms with Gasteiger partial charge >= 0.3 is 0 Å². The highest BCUT2D eigenvalue weighted by atomic mass is 35.5. The molecule has 0 saturated carbocycles. The van der Waals surface area contributed by atoms with Gasteiger partial charge in [-0.3, -0.25) is 0 Å². The summed E-state index contributed by atoms with van der Waals surface area (Å²) in [6, 6.07) is 3.78. The molecule has 0 N–H and O–H groups in total. The summed E-state index contributed by atoms with van der Waals surface area (Å²) >= 11 is 12.0. The standard InChI is InChI=1S/C11H14Cl2/c1-7(2)4-10-8(3)5-9(12)6-11(10)13/h5-7H,4H2,1-3H3. The zero-order valence-corrected chi connectivity index (χ0v) is 9.71. The average molecular weight is 217 g/mol. The second-order valence-corrected chi connectivity index (χ2v) is 4.62. The van der Waals surface area contributed by atoms with Crippen LogP contribution in [-0.4, -0.2) is 0 Å². The molecule has 72 valence electrons. The third kappa shape index (κ3) is 2.89. The fourth-order valence-electron chi connectivity index (χ4n) is 1.40. The third-order valence-electron chi connectivity index (χ3n) is 2.00. The zero-order chi connectivity index (χ0) is 10.0. The van der Waals surface area contributed by atoms with Crippen LogP contribution in [0, 0.1) is 12.8 Å². The first-order valence-corrected chi connectivity index (χ1v) is 5.21. The molecule has 0 aliphatic carbocycles. The van der Waals surface area contributed by atoms with Crippen LogP contribution in [0.1, 0.15) is 25.0 Å². The van der Waals surface area contributed by atoms with Crippen LogP contribution in [0.3, 0.4) is 0 Å². The molecule has 0 atom stereocenters. The van der Waals surface area contributed by atoms with E-state index in [9.17, 15) is 0 Å². The van der Waals surface area contributed by atoms with Crippen LogP contribution >= 0.6 is 23.2 Å². The van der Waals surface area contributed by atoms with Crippen molar-refractivity contribution < 1.29 is 0 Å². The minimum absolute atomic E-state index is 0.623. The molecule has 0 bridgehead atoms. The molecular formula is C11H14Cl2. The van der Waals surface area contributed by atoms with E-state index in [1.165, 1.54) is 11.1 Å². The highest BCUT2D eigenvalue weighted by Crippen LogP contribution is 2.26. The lowest BCUT2D eigenvalue weighted by atomic mass is 9.99. The fraction of sp³-hybridized carbons (Fsp3) is 0.455. The lowest BCUT2D eigenvalue weighted by Crippen LogP contribution is -1.97. The number of rotatable bonds is 2. The molecule has 0 aromatic heterocycles. The van der Waals surface area contributed by atoms with Gasteiger partial charge in [0.2, 0.25) is 0 Å². The van der Waals surface area contributed by atoms with E-state index in [0.29, 0.717) is 5.92 Å².